The number of nitrogens with zero attached hydrogens (tertiary/aromatic N) is 2. The minimum atomic E-state index is -0.288. The zero-order valence-corrected chi connectivity index (χ0v) is 10.6. The summed E-state index contributed by atoms with van der Waals surface area (Å²) in [6, 6.07) is 4.20. The molecule has 1 heterocycles. The van der Waals surface area contributed by atoms with E-state index in [0.717, 1.165) is 23.9 Å². The van der Waals surface area contributed by atoms with E-state index in [0.29, 0.717) is 5.95 Å². The minimum absolute atomic E-state index is 0.0949. The first-order valence-corrected chi connectivity index (χ1v) is 6.46. The van der Waals surface area contributed by atoms with E-state index in [1.165, 1.54) is 24.0 Å². The number of aromatic nitrogens is 2. The van der Waals surface area contributed by atoms with Crippen molar-refractivity contribution < 1.29 is 4.79 Å². The van der Waals surface area contributed by atoms with Gasteiger partial charge in [-0.1, -0.05) is 0 Å². The van der Waals surface area contributed by atoms with Crippen molar-refractivity contribution in [3.63, 3.8) is 0 Å². The second-order valence-electron chi connectivity index (χ2n) is 4.94. The van der Waals surface area contributed by atoms with E-state index < -0.39 is 0 Å². The Morgan fingerprint density at radius 1 is 1.32 bits per heavy atom. The monoisotopic (exact) mass is 259 g/mol. The Labute approximate surface area is 110 Å². The third kappa shape index (κ3) is 2.04. The van der Waals surface area contributed by atoms with Gasteiger partial charge in [0.25, 0.3) is 5.91 Å². The van der Waals surface area contributed by atoms with Gasteiger partial charge < -0.3 is 10.3 Å². The van der Waals surface area contributed by atoms with Gasteiger partial charge in [0, 0.05) is 0 Å². The molecule has 2 aromatic rings. The van der Waals surface area contributed by atoms with Crippen LogP contribution in [0.5, 0.6) is 0 Å². The number of hydrogen-bond acceptors (Lipinski definition) is 4. The van der Waals surface area contributed by atoms with E-state index in [4.69, 9.17) is 11.6 Å². The fourth-order valence-electron chi connectivity index (χ4n) is 2.73. The Kier molecular flexibility index (Phi) is 2.87. The van der Waals surface area contributed by atoms with E-state index in [-0.39, 0.29) is 12.5 Å². The quantitative estimate of drug-likeness (QED) is 0.415. The predicted molar refractivity (Wildman–Crippen MR) is 73.1 cm³/mol. The number of hydrogen-bond donors (Lipinski definition) is 3. The summed E-state index contributed by atoms with van der Waals surface area (Å²) in [6.07, 6.45) is 4.62. The summed E-state index contributed by atoms with van der Waals surface area (Å²) in [5.41, 5.74) is 12.4. The third-order valence-corrected chi connectivity index (χ3v) is 3.70. The Balaban J connectivity index is 2.11. The lowest BCUT2D eigenvalue weighted by molar-refractivity contribution is -0.121. The first-order chi connectivity index (χ1) is 9.19. The van der Waals surface area contributed by atoms with Crippen molar-refractivity contribution in [3.05, 3.63) is 23.3 Å². The van der Waals surface area contributed by atoms with Gasteiger partial charge in [0.15, 0.2) is 0 Å². The summed E-state index contributed by atoms with van der Waals surface area (Å²) in [4.78, 5) is 15.8. The van der Waals surface area contributed by atoms with Crippen LogP contribution in [0, 0.1) is 0 Å². The average molecular weight is 259 g/mol. The molecular weight excluding hydrogens is 242 g/mol. The maximum atomic E-state index is 11.4. The van der Waals surface area contributed by atoms with Crippen LogP contribution in [0.25, 0.3) is 11.0 Å². The summed E-state index contributed by atoms with van der Waals surface area (Å²) in [7, 11) is 0. The zero-order chi connectivity index (χ0) is 13.4. The van der Waals surface area contributed by atoms with Gasteiger partial charge in [-0.2, -0.15) is 0 Å². The molecule has 1 aromatic carbocycles. The number of hydrazine groups is 1. The molecule has 0 aliphatic heterocycles. The van der Waals surface area contributed by atoms with Crippen LogP contribution < -0.4 is 17.0 Å². The number of rotatable bonds is 2. The number of aryl methyl sites for hydroxylation is 2. The van der Waals surface area contributed by atoms with E-state index in [2.05, 4.69) is 22.5 Å². The number of amides is 1. The fourth-order valence-corrected chi connectivity index (χ4v) is 2.73. The van der Waals surface area contributed by atoms with Crippen LogP contribution in [0.15, 0.2) is 12.1 Å². The van der Waals surface area contributed by atoms with Gasteiger partial charge in [-0.15, -0.1) is 0 Å². The second kappa shape index (κ2) is 4.55. The van der Waals surface area contributed by atoms with Crippen molar-refractivity contribution in [2.24, 2.45) is 5.84 Å². The minimum Gasteiger partial charge on any atom is -0.369 e. The van der Waals surface area contributed by atoms with Crippen LogP contribution in [-0.4, -0.2) is 15.5 Å². The Morgan fingerprint density at radius 3 is 2.68 bits per heavy atom. The molecule has 6 heteroatoms. The number of benzene rings is 1. The standard InChI is InChI=1S/C13H17N5O/c14-13-16-10-5-8-3-1-2-4-9(8)6-11(10)18(13)7-12(19)17-15/h5-6H,1-4,7,15H2,(H2,14,16)(H,17,19). The largest absolute Gasteiger partial charge is 0.369 e. The van der Waals surface area contributed by atoms with Crippen LogP contribution >= 0.6 is 0 Å². The summed E-state index contributed by atoms with van der Waals surface area (Å²) in [6.45, 7) is 0.0949. The van der Waals surface area contributed by atoms with Crippen LogP contribution in [0.1, 0.15) is 24.0 Å². The highest BCUT2D eigenvalue weighted by Crippen LogP contribution is 2.27. The van der Waals surface area contributed by atoms with Gasteiger partial charge in [-0.3, -0.25) is 10.2 Å². The van der Waals surface area contributed by atoms with Crippen LogP contribution in [0.4, 0.5) is 5.95 Å². The number of anilines is 1. The summed E-state index contributed by atoms with van der Waals surface area (Å²) < 4.78 is 1.70. The fraction of sp³-hybridized carbons (Fsp3) is 0.385. The lowest BCUT2D eigenvalue weighted by Crippen LogP contribution is -2.33. The lowest BCUT2D eigenvalue weighted by Gasteiger charge is -2.15. The molecule has 3 rings (SSSR count). The van der Waals surface area contributed by atoms with E-state index in [1.807, 2.05) is 0 Å². The normalized spacial score (nSPS) is 14.4. The van der Waals surface area contributed by atoms with Gasteiger partial charge in [-0.05, 0) is 48.9 Å². The molecule has 0 bridgehead atoms. The molecule has 0 saturated heterocycles. The molecule has 1 amide bonds. The van der Waals surface area contributed by atoms with Crippen molar-refractivity contribution in [2.45, 2.75) is 32.2 Å². The van der Waals surface area contributed by atoms with Crippen LogP contribution in [0.3, 0.4) is 0 Å². The lowest BCUT2D eigenvalue weighted by atomic mass is 9.91. The van der Waals surface area contributed by atoms with Crippen molar-refractivity contribution in [2.75, 3.05) is 5.73 Å². The van der Waals surface area contributed by atoms with Gasteiger partial charge in [0.1, 0.15) is 6.54 Å². The Bertz CT molecular complexity index is 646. The summed E-state index contributed by atoms with van der Waals surface area (Å²) in [5, 5.41) is 0. The van der Waals surface area contributed by atoms with Gasteiger partial charge in [0.2, 0.25) is 5.95 Å². The molecular formula is C13H17N5O. The number of fused-ring (bicyclic) bond motifs is 2. The van der Waals surface area contributed by atoms with Gasteiger partial charge >= 0.3 is 0 Å². The maximum Gasteiger partial charge on any atom is 0.253 e. The first kappa shape index (κ1) is 12.0. The van der Waals surface area contributed by atoms with Crippen molar-refractivity contribution in [3.8, 4) is 0 Å². The highest BCUT2D eigenvalue weighted by molar-refractivity contribution is 5.83. The molecule has 100 valence electrons. The molecule has 6 nitrogen and oxygen atoms in total. The van der Waals surface area contributed by atoms with E-state index >= 15 is 0 Å². The van der Waals surface area contributed by atoms with Crippen LogP contribution in [0.2, 0.25) is 0 Å². The first-order valence-electron chi connectivity index (χ1n) is 6.46. The molecule has 1 aliphatic carbocycles. The van der Waals surface area contributed by atoms with Gasteiger partial charge in [0.05, 0.1) is 11.0 Å². The summed E-state index contributed by atoms with van der Waals surface area (Å²) in [5.74, 6) is 5.18. The number of nitrogens with one attached hydrogen (secondary N) is 1. The Morgan fingerprint density at radius 2 is 2.00 bits per heavy atom. The Hall–Kier alpha value is -2.08. The average Bonchev–Trinajstić information content (AvgIpc) is 2.72. The smallest absolute Gasteiger partial charge is 0.253 e. The molecule has 0 unspecified atom stereocenters. The second-order valence-corrected chi connectivity index (χ2v) is 4.94. The molecule has 19 heavy (non-hydrogen) atoms. The number of carbonyl (C=O) groups excluding carboxylic acids is 1. The highest BCUT2D eigenvalue weighted by atomic mass is 16.2. The van der Waals surface area contributed by atoms with Crippen molar-refractivity contribution >= 4 is 22.9 Å². The van der Waals surface area contributed by atoms with Crippen LogP contribution in [-0.2, 0) is 24.2 Å². The molecule has 0 spiro atoms. The third-order valence-electron chi connectivity index (χ3n) is 3.70. The zero-order valence-electron chi connectivity index (χ0n) is 10.6. The molecule has 0 radical (unpaired) electrons. The molecule has 1 aromatic heterocycles. The summed E-state index contributed by atoms with van der Waals surface area (Å²) >= 11 is 0. The maximum absolute atomic E-state index is 11.4. The van der Waals surface area contributed by atoms with Crippen molar-refractivity contribution in [1.82, 2.24) is 15.0 Å². The van der Waals surface area contributed by atoms with E-state index in [9.17, 15) is 4.79 Å². The molecule has 0 atom stereocenters. The highest BCUT2D eigenvalue weighted by Gasteiger charge is 2.16. The molecule has 0 saturated carbocycles. The molecule has 5 N–H and O–H groups in total. The number of imidazole rings is 1. The molecule has 0 fully saturated rings. The number of nitrogens with two attached hydrogens (primary N) is 2. The topological polar surface area (TPSA) is 99.0 Å². The SMILES string of the molecule is NNC(=O)Cn1c(N)nc2cc3c(cc21)CCCC3. The molecule has 1 aliphatic rings. The predicted octanol–water partition coefficient (Wildman–Crippen LogP) is 0.487. The van der Waals surface area contributed by atoms with Gasteiger partial charge in [-0.25, -0.2) is 10.8 Å². The van der Waals surface area contributed by atoms with E-state index in [1.54, 1.807) is 4.57 Å². The van der Waals surface area contributed by atoms with Crippen molar-refractivity contribution in [1.29, 1.82) is 0 Å². The number of nitrogen functional groups attached to an aromatic ring is 1. The number of carbonyl (C=O) groups is 1.